The number of rotatable bonds is 7. The van der Waals surface area contributed by atoms with Crippen LogP contribution in [0.1, 0.15) is 89.7 Å². The summed E-state index contributed by atoms with van der Waals surface area (Å²) in [5.41, 5.74) is 8.66. The lowest BCUT2D eigenvalue weighted by Gasteiger charge is -2.58. The predicted octanol–water partition coefficient (Wildman–Crippen LogP) is 5.75. The van der Waals surface area contributed by atoms with Crippen molar-refractivity contribution >= 4 is 50.7 Å². The average molecular weight is 871 g/mol. The van der Waals surface area contributed by atoms with E-state index in [1.54, 1.807) is 40.7 Å². The van der Waals surface area contributed by atoms with Gasteiger partial charge in [-0.05, 0) is 88.4 Å². The maximum atomic E-state index is 14.5. The van der Waals surface area contributed by atoms with Crippen LogP contribution in [0.5, 0.6) is 5.75 Å². The Kier molecular flexibility index (Phi) is 11.3. The molecule has 1 spiro atoms. The molecule has 1 aromatic heterocycles. The minimum Gasteiger partial charge on any atom is -0.481 e. The number of allylic oxidation sites excluding steroid dienone is 2. The Morgan fingerprint density at radius 1 is 1.20 bits per heavy atom. The topological polar surface area (TPSA) is 173 Å². The highest BCUT2D eigenvalue weighted by molar-refractivity contribution is 8.77. The minimum absolute atomic E-state index is 0.0101. The summed E-state index contributed by atoms with van der Waals surface area (Å²) in [7, 11) is 5.41. The number of fused-ring (bicyclic) bond motifs is 5. The fourth-order valence-corrected chi connectivity index (χ4v) is 15.1. The van der Waals surface area contributed by atoms with Gasteiger partial charge in [-0.15, -0.1) is 0 Å². The highest BCUT2D eigenvalue weighted by Gasteiger charge is 2.64. The van der Waals surface area contributed by atoms with E-state index in [-0.39, 0.29) is 48.1 Å². The van der Waals surface area contributed by atoms with Crippen LogP contribution in [0, 0.1) is 17.8 Å². The Labute approximate surface area is 364 Å². The first kappa shape index (κ1) is 42.3. The van der Waals surface area contributed by atoms with E-state index < -0.39 is 34.1 Å². The minimum atomic E-state index is -1.20. The molecule has 3 aliphatic carbocycles. The van der Waals surface area contributed by atoms with Crippen molar-refractivity contribution in [3.8, 4) is 5.75 Å². The van der Waals surface area contributed by atoms with Crippen LogP contribution >= 0.6 is 21.6 Å². The van der Waals surface area contributed by atoms with Crippen LogP contribution in [-0.4, -0.2) is 89.2 Å². The van der Waals surface area contributed by atoms with Gasteiger partial charge in [-0.2, -0.15) is 0 Å². The Hall–Kier alpha value is -3.98. The third-order valence-electron chi connectivity index (χ3n) is 15.4. The highest BCUT2D eigenvalue weighted by atomic mass is 33.1. The third kappa shape index (κ3) is 6.98. The number of carbonyl (C=O) groups is 3. The van der Waals surface area contributed by atoms with Crippen molar-refractivity contribution in [2.75, 3.05) is 32.5 Å². The molecular weight excluding hydrogens is 813 g/mol. The van der Waals surface area contributed by atoms with E-state index in [1.807, 2.05) is 37.9 Å². The van der Waals surface area contributed by atoms with Gasteiger partial charge in [0, 0.05) is 89.4 Å². The number of benzene rings is 1. The van der Waals surface area contributed by atoms with Gasteiger partial charge in [0.05, 0.1) is 24.2 Å². The largest absolute Gasteiger partial charge is 0.481 e. The summed E-state index contributed by atoms with van der Waals surface area (Å²) in [5, 5.41) is 17.7. The summed E-state index contributed by atoms with van der Waals surface area (Å²) in [4.78, 5) is 56.7. The van der Waals surface area contributed by atoms with Crippen molar-refractivity contribution in [2.45, 2.75) is 119 Å². The molecule has 9 rings (SSSR count). The molecule has 2 saturated carbocycles. The summed E-state index contributed by atoms with van der Waals surface area (Å²) < 4.78 is 20.2. The fourth-order valence-electron chi connectivity index (χ4n) is 11.9. The van der Waals surface area contributed by atoms with Gasteiger partial charge in [-0.1, -0.05) is 58.6 Å². The zero-order valence-corrected chi connectivity index (χ0v) is 37.2. The summed E-state index contributed by atoms with van der Waals surface area (Å²) >= 11 is 0. The molecule has 0 bridgehead atoms. The molecule has 1 aromatic carbocycles. The quantitative estimate of drug-likeness (QED) is 0.0663. The number of nitrogens with zero attached hydrogens (tertiary/aromatic N) is 1. The first-order valence-corrected chi connectivity index (χ1v) is 24.4. The monoisotopic (exact) mass is 870 g/mol. The normalized spacial score (nSPS) is 33.3. The molecule has 5 heterocycles. The Balaban J connectivity index is 1.18. The molecule has 12 nitrogen and oxygen atoms in total. The first-order valence-electron chi connectivity index (χ1n) is 22.0. The number of carbonyl (C=O) groups excluding carboxylic acids is 3. The number of nitrogens with two attached hydrogens (primary N) is 1. The van der Waals surface area contributed by atoms with Crippen LogP contribution in [0.25, 0.3) is 11.0 Å². The molecule has 14 heteroatoms. The molecule has 5 N–H and O–H groups in total. The second-order valence-corrected chi connectivity index (χ2v) is 21.2. The Bertz CT molecular complexity index is 2330. The molecule has 8 atom stereocenters. The van der Waals surface area contributed by atoms with Crippen LogP contribution in [-0.2, 0) is 31.0 Å². The van der Waals surface area contributed by atoms with E-state index in [9.17, 15) is 24.3 Å². The predicted molar refractivity (Wildman–Crippen MR) is 238 cm³/mol. The van der Waals surface area contributed by atoms with E-state index >= 15 is 0 Å². The van der Waals surface area contributed by atoms with Gasteiger partial charge in [0.2, 0.25) is 5.91 Å². The molecule has 4 aliphatic heterocycles. The summed E-state index contributed by atoms with van der Waals surface area (Å²) in [6, 6.07) is 5.87. The zero-order chi connectivity index (χ0) is 42.8. The van der Waals surface area contributed by atoms with Crippen molar-refractivity contribution < 1.29 is 33.4 Å². The fraction of sp³-hybridized carbons (Fsp3) is 0.574. The molecule has 0 radical (unpaired) electrons. The van der Waals surface area contributed by atoms with Crippen LogP contribution in [0.2, 0.25) is 0 Å². The number of hydrogen-bond acceptors (Lipinski definition) is 13. The molecule has 1 amide bonds. The van der Waals surface area contributed by atoms with Crippen LogP contribution in [0.4, 0.5) is 0 Å². The molecule has 2 aromatic rings. The second-order valence-electron chi connectivity index (χ2n) is 18.6. The number of ether oxygens (including phenoxy) is 2. The lowest BCUT2D eigenvalue weighted by molar-refractivity contribution is -0.186. The van der Waals surface area contributed by atoms with Crippen molar-refractivity contribution in [2.24, 2.45) is 23.5 Å². The third-order valence-corrected chi connectivity index (χ3v) is 18.2. The highest BCUT2D eigenvalue weighted by Crippen LogP contribution is 2.58. The van der Waals surface area contributed by atoms with Gasteiger partial charge in [0.25, 0.3) is 0 Å². The first-order chi connectivity index (χ1) is 29.4. The van der Waals surface area contributed by atoms with E-state index in [1.165, 1.54) is 0 Å². The van der Waals surface area contributed by atoms with Crippen molar-refractivity contribution in [3.05, 3.63) is 86.1 Å². The lowest BCUT2D eigenvalue weighted by atomic mass is 9.61. The van der Waals surface area contributed by atoms with Crippen molar-refractivity contribution in [3.63, 3.8) is 0 Å². The molecule has 61 heavy (non-hydrogen) atoms. The maximum absolute atomic E-state index is 14.5. The number of dihydropyridines is 1. The number of amides is 1. The van der Waals surface area contributed by atoms with E-state index in [0.29, 0.717) is 72.8 Å². The van der Waals surface area contributed by atoms with Gasteiger partial charge in [0.15, 0.2) is 11.2 Å². The van der Waals surface area contributed by atoms with Crippen molar-refractivity contribution in [1.29, 1.82) is 0 Å². The van der Waals surface area contributed by atoms with Crippen molar-refractivity contribution in [1.82, 2.24) is 15.5 Å². The molecule has 7 aliphatic rings. The molecule has 326 valence electrons. The summed E-state index contributed by atoms with van der Waals surface area (Å²) in [6.45, 7) is 6.47. The summed E-state index contributed by atoms with van der Waals surface area (Å²) in [6.07, 6.45) is 13.8. The SMILES string of the molecule is C/C=C(\C)C(=O)O[C@]1(C)CC=C2CSS[C@@H]3C[C@H](C=O)[C@@H](NC)[C@H]4CN(C(=O)CC5=C(C=C(N)NC5)[C@@H]2[C@]12Cc1cc5cc(C6(CCO)CCCCC6)c(=O)oc5cc1O2)[C@H]43. The number of aliphatic hydroxyl groups is 1. The van der Waals surface area contributed by atoms with Crippen LogP contribution in [0.15, 0.2) is 73.8 Å². The number of aliphatic hydroxyl groups excluding tert-OH is 1. The molecule has 3 fully saturated rings. The van der Waals surface area contributed by atoms with E-state index in [4.69, 9.17) is 19.6 Å². The van der Waals surface area contributed by atoms with Crippen LogP contribution < -0.4 is 26.7 Å². The number of aldehydes is 1. The van der Waals surface area contributed by atoms with E-state index in [2.05, 4.69) is 22.8 Å². The molecule has 1 saturated heterocycles. The Morgan fingerprint density at radius 2 is 2.00 bits per heavy atom. The van der Waals surface area contributed by atoms with Gasteiger partial charge in [-0.3, -0.25) is 4.79 Å². The number of hydrogen-bond donors (Lipinski definition) is 4. The maximum Gasteiger partial charge on any atom is 0.340 e. The van der Waals surface area contributed by atoms with Gasteiger partial charge in [0.1, 0.15) is 17.6 Å². The smallest absolute Gasteiger partial charge is 0.340 e. The number of esters is 1. The van der Waals surface area contributed by atoms with Gasteiger partial charge in [-0.25, -0.2) is 9.59 Å². The van der Waals surface area contributed by atoms with Gasteiger partial charge >= 0.3 is 11.6 Å². The molecule has 0 unspecified atom stereocenters. The summed E-state index contributed by atoms with van der Waals surface area (Å²) in [5.74, 6) is 0.823. The molecular formula is C47H58N4O8S2. The van der Waals surface area contributed by atoms with Gasteiger partial charge < -0.3 is 45.1 Å². The second kappa shape index (κ2) is 16.3. The lowest BCUT2D eigenvalue weighted by Crippen LogP contribution is -2.71. The zero-order valence-electron chi connectivity index (χ0n) is 35.6. The van der Waals surface area contributed by atoms with Crippen LogP contribution in [0.3, 0.4) is 0 Å². The average Bonchev–Trinajstić information content (AvgIpc) is 3.60. The number of nitrogens with one attached hydrogen (secondary N) is 2. The Morgan fingerprint density at radius 3 is 2.74 bits per heavy atom. The standard InChI is InChI=1S/C47H58N4O8S2/c1-5-26(2)43(55)59-45(3)12-9-27-25-60-61-37-17-31(24-53)41(49-4)33-23-51(42(33)37)39(54)18-30-22-50-38(48)19-32(30)40(27)47(45)21-29-15-28-16-34(44(56)57-35(28)20-36(29)58-47)46(13-14-52)10-7-6-8-11-46/h5,9,15-16,19-20,24,31,33,37,40-42,49-50,52H,6-8,10-14,17-18,21-23,25,48H2,1-4H3/b26-5+/t31-,33-,37-,40-,41-,42-,45-,47-/m1/s1. The van der Waals surface area contributed by atoms with E-state index in [0.717, 1.165) is 66.1 Å².